The molecule has 1 aliphatic rings. The number of cyclic esters (lactones) is 1. The Morgan fingerprint density at radius 3 is 2.58 bits per heavy atom. The predicted molar refractivity (Wildman–Crippen MR) is 92.0 cm³/mol. The summed E-state index contributed by atoms with van der Waals surface area (Å²) in [6.45, 7) is 1.29. The van der Waals surface area contributed by atoms with E-state index in [9.17, 15) is 18.7 Å². The van der Waals surface area contributed by atoms with E-state index in [4.69, 9.17) is 9.47 Å². The zero-order valence-electron chi connectivity index (χ0n) is 14.1. The van der Waals surface area contributed by atoms with Crippen molar-refractivity contribution in [2.24, 2.45) is 0 Å². The minimum Gasteiger partial charge on any atom is -0.493 e. The topological polar surface area (TPSA) is 55.8 Å². The highest BCUT2D eigenvalue weighted by Crippen LogP contribution is 2.42. The van der Waals surface area contributed by atoms with Crippen molar-refractivity contribution in [1.82, 2.24) is 0 Å². The van der Waals surface area contributed by atoms with Crippen LogP contribution in [0, 0.1) is 11.6 Å². The average molecular weight is 358 g/mol. The van der Waals surface area contributed by atoms with Gasteiger partial charge >= 0.3 is 5.97 Å². The van der Waals surface area contributed by atoms with E-state index in [-0.39, 0.29) is 22.5 Å². The van der Waals surface area contributed by atoms with Gasteiger partial charge in [-0.05, 0) is 29.8 Å². The quantitative estimate of drug-likeness (QED) is 0.847. The summed E-state index contributed by atoms with van der Waals surface area (Å²) in [5.41, 5.74) is 0.819. The van der Waals surface area contributed by atoms with E-state index in [1.54, 1.807) is 6.07 Å². The first-order chi connectivity index (χ1) is 12.3. The first kappa shape index (κ1) is 17.8. The smallest absolute Gasteiger partial charge is 0.341 e. The number of aliphatic hydroxyl groups is 1. The fraction of sp³-hybridized carbons (Fsp3) is 0.150. The minimum absolute atomic E-state index is 0.0307. The summed E-state index contributed by atoms with van der Waals surface area (Å²) in [7, 11) is 1.29. The van der Waals surface area contributed by atoms with Crippen LogP contribution in [-0.2, 0) is 9.53 Å². The molecule has 2 aromatic rings. The molecule has 0 aromatic heterocycles. The lowest BCUT2D eigenvalue weighted by atomic mass is 9.94. The van der Waals surface area contributed by atoms with Crippen molar-refractivity contribution in [3.63, 3.8) is 0 Å². The van der Waals surface area contributed by atoms with Gasteiger partial charge in [-0.3, -0.25) is 0 Å². The fourth-order valence-electron chi connectivity index (χ4n) is 2.89. The summed E-state index contributed by atoms with van der Waals surface area (Å²) < 4.78 is 37.5. The number of carbonyl (C=O) groups is 1. The molecule has 0 aliphatic carbocycles. The molecule has 1 unspecified atom stereocenters. The molecule has 0 bridgehead atoms. The van der Waals surface area contributed by atoms with Crippen molar-refractivity contribution < 1.29 is 28.2 Å². The summed E-state index contributed by atoms with van der Waals surface area (Å²) in [6, 6.07) is 9.93. The number of rotatable bonds is 4. The number of methoxy groups -OCH3 is 1. The van der Waals surface area contributed by atoms with Crippen LogP contribution < -0.4 is 4.74 Å². The van der Waals surface area contributed by atoms with Crippen LogP contribution in [0.15, 0.2) is 54.1 Å². The Bertz CT molecular complexity index is 929. The van der Waals surface area contributed by atoms with Gasteiger partial charge in [0.25, 0.3) is 0 Å². The molecule has 1 heterocycles. The molecule has 1 N–H and O–H groups in total. The second kappa shape index (κ2) is 6.72. The average Bonchev–Trinajstić information content (AvgIpc) is 2.80. The molecule has 4 nitrogen and oxygen atoms in total. The Labute approximate surface area is 149 Å². The van der Waals surface area contributed by atoms with E-state index in [1.165, 1.54) is 62.6 Å². The van der Waals surface area contributed by atoms with E-state index < -0.39 is 23.4 Å². The Kier molecular flexibility index (Phi) is 4.61. The number of halogens is 2. The van der Waals surface area contributed by atoms with Gasteiger partial charge in [-0.15, -0.1) is 0 Å². The lowest BCUT2D eigenvalue weighted by Crippen LogP contribution is -2.26. The first-order valence-electron chi connectivity index (χ1n) is 7.80. The zero-order chi connectivity index (χ0) is 18.9. The molecule has 0 radical (unpaired) electrons. The Balaban J connectivity index is 2.16. The lowest BCUT2D eigenvalue weighted by Gasteiger charge is -2.21. The number of benzene rings is 2. The normalized spacial score (nSPS) is 20.0. The van der Waals surface area contributed by atoms with Gasteiger partial charge in [-0.25, -0.2) is 13.6 Å². The second-order valence-corrected chi connectivity index (χ2v) is 5.87. The third-order valence-corrected chi connectivity index (χ3v) is 3.98. The standard InChI is InChI=1S/C20H16F2O4/c1-20(24)17(14-7-4-8-16(22)18(14)25-2)15(19(23)26-20)10-9-12-5-3-6-13(21)11-12/h3-11,24H,1-2H3. The highest BCUT2D eigenvalue weighted by molar-refractivity contribution is 6.07. The molecule has 0 amide bonds. The summed E-state index contributed by atoms with van der Waals surface area (Å²) >= 11 is 0. The van der Waals surface area contributed by atoms with E-state index in [0.717, 1.165) is 0 Å². The molecular formula is C20H16F2O4. The third-order valence-electron chi connectivity index (χ3n) is 3.98. The van der Waals surface area contributed by atoms with Crippen LogP contribution in [0.1, 0.15) is 18.1 Å². The number of ether oxygens (including phenoxy) is 2. The molecule has 0 saturated carbocycles. The molecule has 134 valence electrons. The Hall–Kier alpha value is -2.99. The second-order valence-electron chi connectivity index (χ2n) is 5.87. The molecule has 0 spiro atoms. The van der Waals surface area contributed by atoms with Crippen molar-refractivity contribution in [1.29, 1.82) is 0 Å². The van der Waals surface area contributed by atoms with Gasteiger partial charge in [0.05, 0.1) is 12.7 Å². The molecule has 1 atom stereocenters. The molecule has 6 heteroatoms. The molecule has 2 aromatic carbocycles. The third kappa shape index (κ3) is 3.23. The van der Waals surface area contributed by atoms with Gasteiger partial charge in [0, 0.05) is 18.1 Å². The van der Waals surface area contributed by atoms with E-state index >= 15 is 0 Å². The highest BCUT2D eigenvalue weighted by Gasteiger charge is 2.43. The Morgan fingerprint density at radius 1 is 1.15 bits per heavy atom. The van der Waals surface area contributed by atoms with Gasteiger partial charge in [0.15, 0.2) is 11.6 Å². The van der Waals surface area contributed by atoms with Gasteiger partial charge in [0.1, 0.15) is 5.82 Å². The largest absolute Gasteiger partial charge is 0.493 e. The number of hydrogen-bond acceptors (Lipinski definition) is 4. The zero-order valence-corrected chi connectivity index (χ0v) is 14.1. The fourth-order valence-corrected chi connectivity index (χ4v) is 2.89. The van der Waals surface area contributed by atoms with Gasteiger partial charge in [0.2, 0.25) is 5.79 Å². The highest BCUT2D eigenvalue weighted by atomic mass is 19.1. The van der Waals surface area contributed by atoms with Gasteiger partial charge in [-0.2, -0.15) is 0 Å². The van der Waals surface area contributed by atoms with Crippen molar-refractivity contribution in [2.45, 2.75) is 12.7 Å². The van der Waals surface area contributed by atoms with Crippen LogP contribution in [0.4, 0.5) is 8.78 Å². The predicted octanol–water partition coefficient (Wildman–Crippen LogP) is 3.71. The molecular weight excluding hydrogens is 342 g/mol. The van der Waals surface area contributed by atoms with Crippen molar-refractivity contribution in [2.75, 3.05) is 7.11 Å². The molecule has 26 heavy (non-hydrogen) atoms. The van der Waals surface area contributed by atoms with Crippen LogP contribution in [0.25, 0.3) is 11.6 Å². The van der Waals surface area contributed by atoms with Crippen LogP contribution in [0.3, 0.4) is 0 Å². The van der Waals surface area contributed by atoms with Gasteiger partial charge in [-0.1, -0.05) is 30.3 Å². The monoisotopic (exact) mass is 358 g/mol. The van der Waals surface area contributed by atoms with E-state index in [1.807, 2.05) is 0 Å². The SMILES string of the molecule is COc1c(F)cccc1C1=C(C=Cc2cccc(F)c2)C(=O)OC1(C)O. The lowest BCUT2D eigenvalue weighted by molar-refractivity contribution is -0.170. The van der Waals surface area contributed by atoms with Crippen LogP contribution in [-0.4, -0.2) is 24.0 Å². The summed E-state index contributed by atoms with van der Waals surface area (Å²) in [5, 5.41) is 10.5. The number of carbonyl (C=O) groups excluding carboxylic acids is 1. The van der Waals surface area contributed by atoms with Crippen LogP contribution >= 0.6 is 0 Å². The van der Waals surface area contributed by atoms with Crippen molar-refractivity contribution in [3.8, 4) is 5.75 Å². The van der Waals surface area contributed by atoms with E-state index in [2.05, 4.69) is 0 Å². The number of hydrogen-bond donors (Lipinski definition) is 1. The van der Waals surface area contributed by atoms with Crippen molar-refractivity contribution in [3.05, 3.63) is 76.9 Å². The maximum Gasteiger partial charge on any atom is 0.341 e. The van der Waals surface area contributed by atoms with E-state index in [0.29, 0.717) is 5.56 Å². The summed E-state index contributed by atoms with van der Waals surface area (Å²) in [6.07, 6.45) is 2.91. The molecule has 0 saturated heterocycles. The number of esters is 1. The van der Waals surface area contributed by atoms with Crippen molar-refractivity contribution >= 4 is 17.6 Å². The van der Waals surface area contributed by atoms with Crippen LogP contribution in [0.2, 0.25) is 0 Å². The van der Waals surface area contributed by atoms with Gasteiger partial charge < -0.3 is 14.6 Å². The number of para-hydroxylation sites is 1. The molecule has 1 aliphatic heterocycles. The summed E-state index contributed by atoms with van der Waals surface area (Å²) in [5.74, 6) is -3.91. The molecule has 0 fully saturated rings. The van der Waals surface area contributed by atoms with Crippen LogP contribution in [0.5, 0.6) is 5.75 Å². The maximum absolute atomic E-state index is 14.1. The Morgan fingerprint density at radius 2 is 1.88 bits per heavy atom. The molecule has 3 rings (SSSR count). The maximum atomic E-state index is 14.1. The minimum atomic E-state index is -1.96. The summed E-state index contributed by atoms with van der Waals surface area (Å²) in [4.78, 5) is 12.2. The first-order valence-corrected chi connectivity index (χ1v) is 7.80.